The maximum atomic E-state index is 5.78. The van der Waals surface area contributed by atoms with Crippen molar-refractivity contribution in [2.45, 2.75) is 54.4 Å². The van der Waals surface area contributed by atoms with E-state index in [4.69, 9.17) is 4.74 Å². The molecule has 0 saturated carbocycles. The van der Waals surface area contributed by atoms with Crippen molar-refractivity contribution in [3.63, 3.8) is 0 Å². The lowest BCUT2D eigenvalue weighted by atomic mass is 10.1. The van der Waals surface area contributed by atoms with Gasteiger partial charge in [0.05, 0.1) is 6.61 Å². The van der Waals surface area contributed by atoms with Crippen LogP contribution in [0.4, 0.5) is 0 Å². The van der Waals surface area contributed by atoms with Crippen LogP contribution in [0, 0.1) is 0 Å². The van der Waals surface area contributed by atoms with Gasteiger partial charge >= 0.3 is 0 Å². The number of allylic oxidation sites excluding steroid dienone is 3. The highest BCUT2D eigenvalue weighted by Crippen LogP contribution is 2.15. The third kappa shape index (κ3) is 10.4. The van der Waals surface area contributed by atoms with E-state index in [1.807, 2.05) is 26.8 Å². The molecule has 0 saturated heterocycles. The largest absolute Gasteiger partial charge is 0.494 e. The molecule has 0 spiro atoms. The van der Waals surface area contributed by atoms with Gasteiger partial charge in [0.1, 0.15) is 5.76 Å². The Morgan fingerprint density at radius 2 is 1.61 bits per heavy atom. The van der Waals surface area contributed by atoms with E-state index in [-0.39, 0.29) is 0 Å². The van der Waals surface area contributed by atoms with Crippen LogP contribution in [0.25, 0.3) is 0 Å². The quantitative estimate of drug-likeness (QED) is 0.373. The van der Waals surface area contributed by atoms with Gasteiger partial charge in [-0.1, -0.05) is 19.4 Å². The van der Waals surface area contributed by atoms with Gasteiger partial charge in [0.25, 0.3) is 0 Å². The summed E-state index contributed by atoms with van der Waals surface area (Å²) in [5.74, 6) is 1.03. The van der Waals surface area contributed by atoms with Gasteiger partial charge in [-0.25, -0.2) is 0 Å². The maximum absolute atomic E-state index is 5.78. The van der Waals surface area contributed by atoms with Crippen LogP contribution in [0.3, 0.4) is 0 Å². The van der Waals surface area contributed by atoms with Crippen molar-refractivity contribution in [2.75, 3.05) is 27.2 Å². The third-order valence-electron chi connectivity index (χ3n) is 2.64. The number of nitrogens with zero attached hydrogens (tertiary/aromatic N) is 1. The third-order valence-corrected chi connectivity index (χ3v) is 2.64. The van der Waals surface area contributed by atoms with Crippen LogP contribution in [0.15, 0.2) is 23.0 Å². The van der Waals surface area contributed by atoms with E-state index in [1.54, 1.807) is 0 Å². The van der Waals surface area contributed by atoms with Crippen molar-refractivity contribution in [1.29, 1.82) is 0 Å². The number of hydrogen-bond donors (Lipinski definition) is 0. The lowest BCUT2D eigenvalue weighted by Gasteiger charge is -2.13. The standard InChI is InChI=1S/C14H27NO.C2H6/c1-7-14(13(4)12(2)3)16-11-9-8-10-15(5)6;1-2/h7H,8-11H2,1-6H3;1-2H3/b14-7+;. The predicted octanol–water partition coefficient (Wildman–Crippen LogP) is 4.63. The monoisotopic (exact) mass is 255 g/mol. The van der Waals surface area contributed by atoms with Crippen LogP contribution in [-0.4, -0.2) is 32.1 Å². The summed E-state index contributed by atoms with van der Waals surface area (Å²) in [6, 6.07) is 0. The molecule has 0 amide bonds. The van der Waals surface area contributed by atoms with Crippen LogP contribution in [0.1, 0.15) is 54.4 Å². The Balaban J connectivity index is 0. The van der Waals surface area contributed by atoms with E-state index >= 15 is 0 Å². The van der Waals surface area contributed by atoms with Crippen molar-refractivity contribution in [3.05, 3.63) is 23.0 Å². The lowest BCUT2D eigenvalue weighted by Crippen LogP contribution is -2.13. The molecule has 2 nitrogen and oxygen atoms in total. The maximum Gasteiger partial charge on any atom is 0.117 e. The molecule has 0 aromatic heterocycles. The summed E-state index contributed by atoms with van der Waals surface area (Å²) in [4.78, 5) is 2.21. The van der Waals surface area contributed by atoms with E-state index < -0.39 is 0 Å². The molecule has 0 bridgehead atoms. The summed E-state index contributed by atoms with van der Waals surface area (Å²) in [5, 5.41) is 0. The molecule has 2 heteroatoms. The molecule has 0 aliphatic carbocycles. The molecule has 18 heavy (non-hydrogen) atoms. The Kier molecular flexibility index (Phi) is 13.8. The molecule has 0 heterocycles. The second-order valence-corrected chi connectivity index (χ2v) is 4.64. The summed E-state index contributed by atoms with van der Waals surface area (Å²) in [6.45, 7) is 14.3. The molecule has 0 rings (SSSR count). The topological polar surface area (TPSA) is 12.5 Å². The van der Waals surface area contributed by atoms with Gasteiger partial charge in [-0.15, -0.1) is 0 Å². The highest BCUT2D eigenvalue weighted by molar-refractivity contribution is 5.26. The summed E-state index contributed by atoms with van der Waals surface area (Å²) < 4.78 is 5.78. The van der Waals surface area contributed by atoms with Gasteiger partial charge in [-0.3, -0.25) is 0 Å². The molecular weight excluding hydrogens is 222 g/mol. The van der Waals surface area contributed by atoms with Crippen LogP contribution in [-0.2, 0) is 4.74 Å². The average molecular weight is 255 g/mol. The molecule has 0 aromatic carbocycles. The zero-order valence-electron chi connectivity index (χ0n) is 13.8. The van der Waals surface area contributed by atoms with E-state index in [1.165, 1.54) is 17.6 Å². The molecule has 0 aromatic rings. The second-order valence-electron chi connectivity index (χ2n) is 4.64. The Morgan fingerprint density at radius 3 is 2.00 bits per heavy atom. The van der Waals surface area contributed by atoms with Crippen molar-refractivity contribution >= 4 is 0 Å². The number of hydrogen-bond acceptors (Lipinski definition) is 2. The minimum atomic E-state index is 0.818. The first-order valence-corrected chi connectivity index (χ1v) is 7.07. The summed E-state index contributed by atoms with van der Waals surface area (Å²) in [7, 11) is 4.21. The van der Waals surface area contributed by atoms with Crippen molar-refractivity contribution in [2.24, 2.45) is 0 Å². The first kappa shape index (κ1) is 19.6. The fourth-order valence-electron chi connectivity index (χ4n) is 1.37. The smallest absolute Gasteiger partial charge is 0.117 e. The normalized spacial score (nSPS) is 10.8. The highest BCUT2D eigenvalue weighted by atomic mass is 16.5. The van der Waals surface area contributed by atoms with Gasteiger partial charge < -0.3 is 9.64 Å². The molecule has 108 valence electrons. The molecule has 0 aliphatic rings. The van der Waals surface area contributed by atoms with Gasteiger partial charge in [0, 0.05) is 0 Å². The second kappa shape index (κ2) is 12.7. The fraction of sp³-hybridized carbons (Fsp3) is 0.750. The lowest BCUT2D eigenvalue weighted by molar-refractivity contribution is 0.208. The van der Waals surface area contributed by atoms with Gasteiger partial charge in [0.15, 0.2) is 0 Å². The highest BCUT2D eigenvalue weighted by Gasteiger charge is 2.01. The molecule has 0 unspecified atom stereocenters. The van der Waals surface area contributed by atoms with Gasteiger partial charge in [0.2, 0.25) is 0 Å². The zero-order valence-corrected chi connectivity index (χ0v) is 13.8. The van der Waals surface area contributed by atoms with Crippen molar-refractivity contribution in [1.82, 2.24) is 4.90 Å². The average Bonchev–Trinajstić information content (AvgIpc) is 2.35. The SMILES string of the molecule is C/C=C(/OCCCCN(C)C)C(C)=C(C)C.CC. The van der Waals surface area contributed by atoms with E-state index in [2.05, 4.69) is 39.8 Å². The first-order valence-electron chi connectivity index (χ1n) is 7.07. The number of ether oxygens (including phenoxy) is 1. The zero-order chi connectivity index (χ0) is 14.6. The minimum absolute atomic E-state index is 0.818. The van der Waals surface area contributed by atoms with E-state index in [0.717, 1.165) is 25.3 Å². The number of unbranched alkanes of at least 4 members (excludes halogenated alkanes) is 1. The molecule has 0 N–H and O–H groups in total. The predicted molar refractivity (Wildman–Crippen MR) is 82.9 cm³/mol. The van der Waals surface area contributed by atoms with E-state index in [0.29, 0.717) is 0 Å². The first-order chi connectivity index (χ1) is 8.49. The Labute approximate surface area is 115 Å². The fourth-order valence-corrected chi connectivity index (χ4v) is 1.37. The summed E-state index contributed by atoms with van der Waals surface area (Å²) in [6.07, 6.45) is 4.36. The molecule has 0 atom stereocenters. The molecule has 0 fully saturated rings. The van der Waals surface area contributed by atoms with Gasteiger partial charge in [-0.05, 0) is 72.8 Å². The van der Waals surface area contributed by atoms with Crippen LogP contribution >= 0.6 is 0 Å². The summed E-state index contributed by atoms with van der Waals surface area (Å²) in [5.41, 5.74) is 2.58. The molecule has 0 aliphatic heterocycles. The van der Waals surface area contributed by atoms with Crippen LogP contribution in [0.2, 0.25) is 0 Å². The Bertz CT molecular complexity index is 248. The van der Waals surface area contributed by atoms with Crippen LogP contribution in [0.5, 0.6) is 0 Å². The van der Waals surface area contributed by atoms with Crippen molar-refractivity contribution in [3.8, 4) is 0 Å². The van der Waals surface area contributed by atoms with E-state index in [9.17, 15) is 0 Å². The van der Waals surface area contributed by atoms with Crippen molar-refractivity contribution < 1.29 is 4.74 Å². The molecule has 0 radical (unpaired) electrons. The van der Waals surface area contributed by atoms with Gasteiger partial charge in [-0.2, -0.15) is 0 Å². The Hall–Kier alpha value is -0.760. The Morgan fingerprint density at radius 1 is 1.06 bits per heavy atom. The summed E-state index contributed by atoms with van der Waals surface area (Å²) >= 11 is 0. The number of rotatable bonds is 7. The van der Waals surface area contributed by atoms with Crippen LogP contribution < -0.4 is 0 Å². The minimum Gasteiger partial charge on any atom is -0.494 e. The molecular formula is C16H33NO.